The molecule has 2 aromatic rings. The van der Waals surface area contributed by atoms with Gasteiger partial charge in [0, 0.05) is 18.5 Å². The summed E-state index contributed by atoms with van der Waals surface area (Å²) in [5.74, 6) is 1.44. The number of anilines is 1. The number of halogens is 1. The van der Waals surface area contributed by atoms with Crippen molar-refractivity contribution in [2.75, 3.05) is 18.5 Å². The molecule has 0 amide bonds. The maximum atomic E-state index is 9.39. The molecule has 20 heavy (non-hydrogen) atoms. The fourth-order valence-electron chi connectivity index (χ4n) is 2.72. The summed E-state index contributed by atoms with van der Waals surface area (Å²) in [6.07, 6.45) is 2.65. The summed E-state index contributed by atoms with van der Waals surface area (Å²) in [6.45, 7) is 3.04. The number of thiophene rings is 1. The molecule has 0 aliphatic heterocycles. The smallest absolute Gasteiger partial charge is 0.225 e. The zero-order chi connectivity index (χ0) is 14.3. The number of aromatic nitrogens is 2. The van der Waals surface area contributed by atoms with E-state index in [1.807, 2.05) is 7.05 Å². The molecular weight excluding hydrogens is 294 g/mol. The van der Waals surface area contributed by atoms with E-state index in [1.54, 1.807) is 11.3 Å². The summed E-state index contributed by atoms with van der Waals surface area (Å²) in [5, 5.41) is 10.8. The molecule has 1 aliphatic rings. The lowest BCUT2D eigenvalue weighted by Crippen LogP contribution is -2.37. The minimum atomic E-state index is -0.116. The Balaban J connectivity index is 1.90. The molecule has 2 heterocycles. The quantitative estimate of drug-likeness (QED) is 0.881. The SMILES string of the molecule is CCc1cc2c(N(C)CC3CC(O)C3)nc(Cl)nc2s1. The highest BCUT2D eigenvalue weighted by atomic mass is 35.5. The normalized spacial score (nSPS) is 22.0. The lowest BCUT2D eigenvalue weighted by molar-refractivity contribution is 0.0464. The van der Waals surface area contributed by atoms with Gasteiger partial charge in [0.25, 0.3) is 0 Å². The van der Waals surface area contributed by atoms with E-state index >= 15 is 0 Å². The third kappa shape index (κ3) is 2.62. The first kappa shape index (κ1) is 14.0. The molecule has 0 bridgehead atoms. The van der Waals surface area contributed by atoms with Gasteiger partial charge in [-0.3, -0.25) is 0 Å². The number of aliphatic hydroxyl groups excluding tert-OH is 1. The van der Waals surface area contributed by atoms with E-state index in [4.69, 9.17) is 11.6 Å². The number of hydrogen-bond acceptors (Lipinski definition) is 5. The number of hydrogen-bond donors (Lipinski definition) is 1. The van der Waals surface area contributed by atoms with Gasteiger partial charge in [-0.25, -0.2) is 4.98 Å². The van der Waals surface area contributed by atoms with Gasteiger partial charge in [0.05, 0.1) is 11.5 Å². The first-order valence-corrected chi connectivity index (χ1v) is 8.11. The van der Waals surface area contributed by atoms with Gasteiger partial charge in [0.1, 0.15) is 10.6 Å². The maximum absolute atomic E-state index is 9.39. The molecule has 0 aromatic carbocycles. The van der Waals surface area contributed by atoms with Crippen LogP contribution in [0.25, 0.3) is 10.2 Å². The minimum absolute atomic E-state index is 0.116. The van der Waals surface area contributed by atoms with Crippen LogP contribution in [0.3, 0.4) is 0 Å². The summed E-state index contributed by atoms with van der Waals surface area (Å²) in [5.41, 5.74) is 0. The Kier molecular flexibility index (Phi) is 3.84. The highest BCUT2D eigenvalue weighted by molar-refractivity contribution is 7.18. The van der Waals surface area contributed by atoms with Crippen molar-refractivity contribution in [1.29, 1.82) is 0 Å². The molecule has 0 atom stereocenters. The van der Waals surface area contributed by atoms with Crippen LogP contribution in [0, 0.1) is 5.92 Å². The van der Waals surface area contributed by atoms with Gasteiger partial charge in [-0.05, 0) is 42.8 Å². The van der Waals surface area contributed by atoms with Crippen LogP contribution >= 0.6 is 22.9 Å². The standard InChI is InChI=1S/C14H18ClN3OS/c1-3-10-6-11-12(16-14(15)17-13(11)20-10)18(2)7-8-4-9(19)5-8/h6,8-9,19H,3-5,7H2,1-2H3. The van der Waals surface area contributed by atoms with Crippen molar-refractivity contribution in [2.45, 2.75) is 32.3 Å². The molecule has 1 aliphatic carbocycles. The third-order valence-electron chi connectivity index (χ3n) is 3.85. The van der Waals surface area contributed by atoms with Crippen molar-refractivity contribution in [3.63, 3.8) is 0 Å². The fraction of sp³-hybridized carbons (Fsp3) is 0.571. The first-order valence-electron chi connectivity index (χ1n) is 6.92. The van der Waals surface area contributed by atoms with Crippen molar-refractivity contribution < 1.29 is 5.11 Å². The Morgan fingerprint density at radius 2 is 2.20 bits per heavy atom. The van der Waals surface area contributed by atoms with Gasteiger partial charge in [0.15, 0.2) is 0 Å². The monoisotopic (exact) mass is 311 g/mol. The maximum Gasteiger partial charge on any atom is 0.225 e. The molecule has 1 saturated carbocycles. The molecule has 108 valence electrons. The van der Waals surface area contributed by atoms with Crippen LogP contribution in [0.2, 0.25) is 5.28 Å². The average molecular weight is 312 g/mol. The largest absolute Gasteiger partial charge is 0.393 e. The Morgan fingerprint density at radius 1 is 1.45 bits per heavy atom. The van der Waals surface area contributed by atoms with Gasteiger partial charge in [-0.15, -0.1) is 11.3 Å². The molecule has 3 rings (SSSR count). The van der Waals surface area contributed by atoms with E-state index in [0.29, 0.717) is 11.2 Å². The number of aryl methyl sites for hydroxylation is 1. The Hall–Kier alpha value is -0.910. The highest BCUT2D eigenvalue weighted by Crippen LogP contribution is 2.34. The summed E-state index contributed by atoms with van der Waals surface area (Å²) >= 11 is 7.73. The van der Waals surface area contributed by atoms with Crippen LogP contribution in [0.5, 0.6) is 0 Å². The molecule has 2 aromatic heterocycles. The van der Waals surface area contributed by atoms with E-state index in [0.717, 1.165) is 41.8 Å². The van der Waals surface area contributed by atoms with Gasteiger partial charge in [-0.2, -0.15) is 4.98 Å². The van der Waals surface area contributed by atoms with Gasteiger partial charge in [-0.1, -0.05) is 6.92 Å². The van der Waals surface area contributed by atoms with Crippen molar-refractivity contribution in [3.8, 4) is 0 Å². The Bertz CT molecular complexity index is 624. The van der Waals surface area contributed by atoms with E-state index in [9.17, 15) is 5.11 Å². The molecule has 1 fully saturated rings. The zero-order valence-electron chi connectivity index (χ0n) is 11.6. The van der Waals surface area contributed by atoms with Gasteiger partial charge in [0.2, 0.25) is 5.28 Å². The van der Waals surface area contributed by atoms with Crippen molar-refractivity contribution in [1.82, 2.24) is 9.97 Å². The number of aliphatic hydroxyl groups is 1. The molecule has 0 radical (unpaired) electrons. The predicted molar refractivity (Wildman–Crippen MR) is 83.8 cm³/mol. The van der Waals surface area contributed by atoms with Crippen molar-refractivity contribution >= 4 is 39.0 Å². The summed E-state index contributed by atoms with van der Waals surface area (Å²) in [6, 6.07) is 2.16. The molecule has 1 N–H and O–H groups in total. The molecule has 6 heteroatoms. The Labute approximate surface area is 127 Å². The second kappa shape index (κ2) is 5.47. The lowest BCUT2D eigenvalue weighted by Gasteiger charge is -2.34. The first-order chi connectivity index (χ1) is 9.56. The molecule has 0 unspecified atom stereocenters. The summed E-state index contributed by atoms with van der Waals surface area (Å²) < 4.78 is 0. The van der Waals surface area contributed by atoms with Crippen LogP contribution in [-0.4, -0.2) is 34.8 Å². The second-order valence-electron chi connectivity index (χ2n) is 5.47. The molecule has 4 nitrogen and oxygen atoms in total. The molecule has 0 spiro atoms. The summed E-state index contributed by atoms with van der Waals surface area (Å²) in [4.78, 5) is 13.1. The van der Waals surface area contributed by atoms with Crippen LogP contribution in [0.4, 0.5) is 5.82 Å². The highest BCUT2D eigenvalue weighted by Gasteiger charge is 2.28. The van der Waals surface area contributed by atoms with Crippen LogP contribution in [-0.2, 0) is 6.42 Å². The van der Waals surface area contributed by atoms with Gasteiger partial charge < -0.3 is 10.0 Å². The van der Waals surface area contributed by atoms with Crippen molar-refractivity contribution in [3.05, 3.63) is 16.2 Å². The number of nitrogens with zero attached hydrogens (tertiary/aromatic N) is 3. The fourth-order valence-corrected chi connectivity index (χ4v) is 3.90. The van der Waals surface area contributed by atoms with Crippen LogP contribution < -0.4 is 4.90 Å². The van der Waals surface area contributed by atoms with E-state index in [1.165, 1.54) is 4.88 Å². The van der Waals surface area contributed by atoms with E-state index in [-0.39, 0.29) is 6.10 Å². The molecule has 0 saturated heterocycles. The lowest BCUT2D eigenvalue weighted by atomic mass is 9.82. The average Bonchev–Trinajstić information content (AvgIpc) is 2.78. The van der Waals surface area contributed by atoms with Crippen molar-refractivity contribution in [2.24, 2.45) is 5.92 Å². The zero-order valence-corrected chi connectivity index (χ0v) is 13.2. The topological polar surface area (TPSA) is 49.2 Å². The molecular formula is C14H18ClN3OS. The Morgan fingerprint density at radius 3 is 2.85 bits per heavy atom. The van der Waals surface area contributed by atoms with Gasteiger partial charge >= 0.3 is 0 Å². The van der Waals surface area contributed by atoms with Crippen LogP contribution in [0.15, 0.2) is 6.07 Å². The predicted octanol–water partition coefficient (Wildman–Crippen LogP) is 3.11. The number of rotatable bonds is 4. The summed E-state index contributed by atoms with van der Waals surface area (Å²) in [7, 11) is 2.03. The number of fused-ring (bicyclic) bond motifs is 1. The minimum Gasteiger partial charge on any atom is -0.393 e. The van der Waals surface area contributed by atoms with Crippen LogP contribution in [0.1, 0.15) is 24.6 Å². The van der Waals surface area contributed by atoms with E-state index in [2.05, 4.69) is 27.9 Å². The van der Waals surface area contributed by atoms with E-state index < -0.39 is 0 Å². The second-order valence-corrected chi connectivity index (χ2v) is 6.93. The third-order valence-corrected chi connectivity index (χ3v) is 5.19.